The van der Waals surface area contributed by atoms with Crippen molar-refractivity contribution in [3.05, 3.63) is 12.2 Å². The number of rotatable bonds is 11. The molecule has 0 aliphatic heterocycles. The molecule has 0 aromatic rings. The molecule has 0 aromatic carbocycles. The zero-order valence-electron chi connectivity index (χ0n) is 10.3. The van der Waals surface area contributed by atoms with Gasteiger partial charge in [-0.2, -0.15) is 0 Å². The summed E-state index contributed by atoms with van der Waals surface area (Å²) < 4.78 is 0. The summed E-state index contributed by atoms with van der Waals surface area (Å²) in [5, 5.41) is 1.15. The lowest BCUT2D eigenvalue weighted by atomic mass is 10.1. The second kappa shape index (κ2) is 14.2. The fraction of sp³-hybridized carbons (Fsp3) is 0.857. The van der Waals surface area contributed by atoms with Crippen LogP contribution in [0.5, 0.6) is 0 Å². The Hall–Kier alpha value is 0.220. The van der Waals surface area contributed by atoms with Gasteiger partial charge >= 0.3 is 0 Å². The third kappa shape index (κ3) is 14.2. The van der Waals surface area contributed by atoms with Gasteiger partial charge in [-0.1, -0.05) is 67.1 Å². The van der Waals surface area contributed by atoms with E-state index in [1.54, 1.807) is 0 Å². The molecule has 0 aliphatic carbocycles. The van der Waals surface area contributed by atoms with E-state index in [1.807, 2.05) is 0 Å². The smallest absolute Gasteiger partial charge is 0.00314 e. The normalized spacial score (nSPS) is 11.3. The SMILES string of the molecule is CCCCCCCCC=CCCCCBr. The molecule has 0 heterocycles. The Morgan fingerprint density at radius 3 is 1.87 bits per heavy atom. The van der Waals surface area contributed by atoms with Gasteiger partial charge in [0.25, 0.3) is 0 Å². The summed E-state index contributed by atoms with van der Waals surface area (Å²) in [6.45, 7) is 2.27. The largest absolute Gasteiger partial charge is 0.0928 e. The molecule has 0 amide bonds. The van der Waals surface area contributed by atoms with Crippen molar-refractivity contribution in [2.45, 2.75) is 71.1 Å². The van der Waals surface area contributed by atoms with Crippen LogP contribution >= 0.6 is 15.9 Å². The van der Waals surface area contributed by atoms with E-state index in [0.717, 1.165) is 5.33 Å². The quantitative estimate of drug-likeness (QED) is 0.252. The zero-order chi connectivity index (χ0) is 11.2. The Morgan fingerprint density at radius 1 is 0.733 bits per heavy atom. The molecular weight excluding hydrogens is 248 g/mol. The van der Waals surface area contributed by atoms with Gasteiger partial charge < -0.3 is 0 Å². The molecule has 15 heavy (non-hydrogen) atoms. The highest BCUT2D eigenvalue weighted by molar-refractivity contribution is 9.09. The molecule has 0 aromatic heterocycles. The Kier molecular flexibility index (Phi) is 14.4. The standard InChI is InChI=1S/C14H27Br/c1-2-3-4-5-6-7-8-9-10-11-12-13-14-15/h9-10H,2-8,11-14H2,1H3. The summed E-state index contributed by atoms with van der Waals surface area (Å²) >= 11 is 3.45. The third-order valence-electron chi connectivity index (χ3n) is 2.65. The van der Waals surface area contributed by atoms with E-state index in [9.17, 15) is 0 Å². The lowest BCUT2D eigenvalue weighted by Gasteiger charge is -1.97. The average Bonchev–Trinajstić information content (AvgIpc) is 2.26. The summed E-state index contributed by atoms with van der Waals surface area (Å²) in [6.07, 6.45) is 18.4. The van der Waals surface area contributed by atoms with Gasteiger partial charge in [-0.15, -0.1) is 0 Å². The van der Waals surface area contributed by atoms with Gasteiger partial charge in [-0.25, -0.2) is 0 Å². The molecule has 0 rings (SSSR count). The van der Waals surface area contributed by atoms with Crippen LogP contribution in [0.15, 0.2) is 12.2 Å². The summed E-state index contributed by atoms with van der Waals surface area (Å²) in [5.41, 5.74) is 0. The maximum absolute atomic E-state index is 3.45. The van der Waals surface area contributed by atoms with Gasteiger partial charge in [0.1, 0.15) is 0 Å². The minimum absolute atomic E-state index is 1.15. The number of hydrogen-bond acceptors (Lipinski definition) is 0. The molecule has 0 radical (unpaired) electrons. The van der Waals surface area contributed by atoms with E-state index in [4.69, 9.17) is 0 Å². The van der Waals surface area contributed by atoms with Crippen molar-refractivity contribution in [1.29, 1.82) is 0 Å². The van der Waals surface area contributed by atoms with E-state index < -0.39 is 0 Å². The van der Waals surface area contributed by atoms with E-state index in [-0.39, 0.29) is 0 Å². The molecule has 0 atom stereocenters. The van der Waals surface area contributed by atoms with Crippen LogP contribution in [0.1, 0.15) is 71.1 Å². The number of unbranched alkanes of at least 4 members (excludes halogenated alkanes) is 8. The van der Waals surface area contributed by atoms with Gasteiger partial charge in [-0.3, -0.25) is 0 Å². The van der Waals surface area contributed by atoms with Crippen LogP contribution in [0.2, 0.25) is 0 Å². The first-order valence-electron chi connectivity index (χ1n) is 6.62. The van der Waals surface area contributed by atoms with Crippen molar-refractivity contribution in [1.82, 2.24) is 0 Å². The number of halogens is 1. The average molecular weight is 275 g/mol. The predicted molar refractivity (Wildman–Crippen MR) is 74.8 cm³/mol. The summed E-state index contributed by atoms with van der Waals surface area (Å²) in [7, 11) is 0. The topological polar surface area (TPSA) is 0 Å². The zero-order valence-corrected chi connectivity index (χ0v) is 11.9. The maximum Gasteiger partial charge on any atom is 0.00314 e. The summed E-state index contributed by atoms with van der Waals surface area (Å²) in [5.74, 6) is 0. The molecule has 0 saturated carbocycles. The predicted octanol–water partition coefficient (Wildman–Crippen LogP) is 5.86. The van der Waals surface area contributed by atoms with Crippen LogP contribution in [0.4, 0.5) is 0 Å². The molecule has 0 fully saturated rings. The Balaban J connectivity index is 2.96. The molecule has 0 spiro atoms. The van der Waals surface area contributed by atoms with Crippen LogP contribution in [0, 0.1) is 0 Å². The molecule has 0 aliphatic rings. The second-order valence-corrected chi connectivity index (χ2v) is 5.01. The van der Waals surface area contributed by atoms with Crippen molar-refractivity contribution in [3.8, 4) is 0 Å². The van der Waals surface area contributed by atoms with Gasteiger partial charge in [0, 0.05) is 5.33 Å². The molecule has 0 unspecified atom stereocenters. The summed E-state index contributed by atoms with van der Waals surface area (Å²) in [4.78, 5) is 0. The highest BCUT2D eigenvalue weighted by Gasteiger charge is 1.88. The van der Waals surface area contributed by atoms with E-state index in [2.05, 4.69) is 35.0 Å². The van der Waals surface area contributed by atoms with Crippen molar-refractivity contribution < 1.29 is 0 Å². The molecule has 1 heteroatoms. The lowest BCUT2D eigenvalue weighted by molar-refractivity contribution is 0.611. The van der Waals surface area contributed by atoms with Gasteiger partial charge in [0.15, 0.2) is 0 Å². The first-order chi connectivity index (χ1) is 7.41. The molecule has 0 saturated heterocycles. The minimum atomic E-state index is 1.15. The van der Waals surface area contributed by atoms with Crippen molar-refractivity contribution in [2.24, 2.45) is 0 Å². The maximum atomic E-state index is 3.45. The first kappa shape index (κ1) is 15.2. The van der Waals surface area contributed by atoms with Crippen molar-refractivity contribution >= 4 is 15.9 Å². The fourth-order valence-electron chi connectivity index (χ4n) is 1.63. The van der Waals surface area contributed by atoms with Crippen LogP contribution in [0.25, 0.3) is 0 Å². The van der Waals surface area contributed by atoms with Crippen LogP contribution in [-0.4, -0.2) is 5.33 Å². The number of allylic oxidation sites excluding steroid dienone is 2. The fourth-order valence-corrected chi connectivity index (χ4v) is 2.03. The monoisotopic (exact) mass is 274 g/mol. The van der Waals surface area contributed by atoms with Gasteiger partial charge in [0.05, 0.1) is 0 Å². The van der Waals surface area contributed by atoms with E-state index in [0.29, 0.717) is 0 Å². The highest BCUT2D eigenvalue weighted by atomic mass is 79.9. The first-order valence-corrected chi connectivity index (χ1v) is 7.75. The highest BCUT2D eigenvalue weighted by Crippen LogP contribution is 2.07. The van der Waals surface area contributed by atoms with Crippen LogP contribution in [0.3, 0.4) is 0 Å². The number of hydrogen-bond donors (Lipinski definition) is 0. The third-order valence-corrected chi connectivity index (χ3v) is 3.21. The molecule has 0 nitrogen and oxygen atoms in total. The van der Waals surface area contributed by atoms with Crippen LogP contribution < -0.4 is 0 Å². The van der Waals surface area contributed by atoms with E-state index in [1.165, 1.54) is 64.2 Å². The van der Waals surface area contributed by atoms with Gasteiger partial charge in [-0.05, 0) is 32.1 Å². The van der Waals surface area contributed by atoms with Crippen molar-refractivity contribution in [2.75, 3.05) is 5.33 Å². The molecule has 0 N–H and O–H groups in total. The Morgan fingerprint density at radius 2 is 1.27 bits per heavy atom. The molecular formula is C14H27Br. The Bertz CT molecular complexity index is 129. The molecule has 0 bridgehead atoms. The summed E-state index contributed by atoms with van der Waals surface area (Å²) in [6, 6.07) is 0. The second-order valence-electron chi connectivity index (χ2n) is 4.21. The molecule has 90 valence electrons. The van der Waals surface area contributed by atoms with Crippen LogP contribution in [-0.2, 0) is 0 Å². The lowest BCUT2D eigenvalue weighted by Crippen LogP contribution is -1.78. The minimum Gasteiger partial charge on any atom is -0.0928 e. The van der Waals surface area contributed by atoms with E-state index >= 15 is 0 Å². The number of alkyl halides is 1. The Labute approximate surface area is 105 Å². The van der Waals surface area contributed by atoms with Crippen molar-refractivity contribution in [3.63, 3.8) is 0 Å². The van der Waals surface area contributed by atoms with Gasteiger partial charge in [0.2, 0.25) is 0 Å².